The Bertz CT molecular complexity index is 278. The minimum Gasteiger partial charge on any atom is -0.0709 e. The van der Waals surface area contributed by atoms with E-state index >= 15 is 0 Å². The highest BCUT2D eigenvalue weighted by atomic mass is 35.5. The summed E-state index contributed by atoms with van der Waals surface area (Å²) >= 11 is 23.3. The largest absolute Gasteiger partial charge is 0.106 e. The van der Waals surface area contributed by atoms with Gasteiger partial charge in [0.15, 0.2) is 0 Å². The van der Waals surface area contributed by atoms with Crippen molar-refractivity contribution in [1.29, 1.82) is 0 Å². The van der Waals surface area contributed by atoms with Crippen LogP contribution in [0.2, 0.25) is 0 Å². The molecule has 0 aromatic heterocycles. The van der Waals surface area contributed by atoms with Crippen LogP contribution in [0.25, 0.3) is 0 Å². The second-order valence-corrected chi connectivity index (χ2v) is 6.96. The number of allylic oxidation sites excluding steroid dienone is 2. The van der Waals surface area contributed by atoms with Crippen molar-refractivity contribution >= 4 is 46.4 Å². The average molecular weight is 360 g/mol. The summed E-state index contributed by atoms with van der Waals surface area (Å²) in [5.41, 5.74) is 2.37. The highest BCUT2D eigenvalue weighted by molar-refractivity contribution is 6.56. The normalized spacial score (nSPS) is 10.5. The molecule has 0 saturated carbocycles. The number of hydrogen-bond donors (Lipinski definition) is 0. The molecule has 0 aromatic carbocycles. The Hall–Kier alpha value is 0.640. The second kappa shape index (κ2) is 13.3. The Labute approximate surface area is 144 Å². The first kappa shape index (κ1) is 20.6. The molecule has 0 atom stereocenters. The summed E-state index contributed by atoms with van der Waals surface area (Å²) < 4.78 is 0.925. The topological polar surface area (TPSA) is 0 Å². The van der Waals surface area contributed by atoms with E-state index in [0.717, 1.165) is 25.7 Å². The third kappa shape index (κ3) is 10.4. The van der Waals surface area contributed by atoms with Gasteiger partial charge in [-0.2, -0.15) is 0 Å². The maximum atomic E-state index is 5.81. The van der Waals surface area contributed by atoms with E-state index in [9.17, 15) is 0 Å². The van der Waals surface area contributed by atoms with Crippen molar-refractivity contribution in [3.05, 3.63) is 20.1 Å². The summed E-state index contributed by atoms with van der Waals surface area (Å²) in [5.74, 6) is 0. The number of halogens is 4. The van der Waals surface area contributed by atoms with Crippen molar-refractivity contribution in [3.63, 3.8) is 0 Å². The minimum atomic E-state index is 0.462. The molecule has 0 aliphatic heterocycles. The van der Waals surface area contributed by atoms with Crippen molar-refractivity contribution in [1.82, 2.24) is 0 Å². The lowest BCUT2D eigenvalue weighted by atomic mass is 10.0. The van der Waals surface area contributed by atoms with Gasteiger partial charge in [-0.1, -0.05) is 85.9 Å². The average Bonchev–Trinajstić information content (AvgIpc) is 2.40. The molecule has 0 fully saturated rings. The Balaban J connectivity index is 3.55. The van der Waals surface area contributed by atoms with Crippen molar-refractivity contribution < 1.29 is 0 Å². The predicted octanol–water partition coefficient (Wildman–Crippen LogP) is 8.31. The van der Waals surface area contributed by atoms with E-state index in [4.69, 9.17) is 46.4 Å². The second-order valence-electron chi connectivity index (χ2n) is 5.06. The highest BCUT2D eigenvalue weighted by Crippen LogP contribution is 2.24. The fraction of sp³-hybridized carbons (Fsp3) is 0.750. The molecule has 0 heterocycles. The standard InChI is InChI=1S/C16H26Cl4/c1-3-13(15(17)18)11-9-7-5-6-8-10-12-14(4-2)16(19)20/h3-12H2,1-2H3. The lowest BCUT2D eigenvalue weighted by Gasteiger charge is -2.06. The number of rotatable bonds is 11. The third-order valence-electron chi connectivity index (χ3n) is 3.60. The lowest BCUT2D eigenvalue weighted by Crippen LogP contribution is -1.87. The smallest absolute Gasteiger partial charge is 0.0709 e. The first-order chi connectivity index (χ1) is 9.52. The summed E-state index contributed by atoms with van der Waals surface area (Å²) in [5, 5.41) is 0. The van der Waals surface area contributed by atoms with Crippen molar-refractivity contribution in [2.24, 2.45) is 0 Å². The number of unbranched alkanes of at least 4 members (excludes halogenated alkanes) is 5. The molecule has 118 valence electrons. The Morgan fingerprint density at radius 2 is 0.850 bits per heavy atom. The van der Waals surface area contributed by atoms with Gasteiger partial charge >= 0.3 is 0 Å². The molecule has 0 nitrogen and oxygen atoms in total. The van der Waals surface area contributed by atoms with E-state index in [2.05, 4.69) is 13.8 Å². The van der Waals surface area contributed by atoms with Gasteiger partial charge in [-0.3, -0.25) is 0 Å². The molecular formula is C16H26Cl4. The van der Waals surface area contributed by atoms with Crippen LogP contribution in [0.4, 0.5) is 0 Å². The van der Waals surface area contributed by atoms with Crippen molar-refractivity contribution in [3.8, 4) is 0 Å². The van der Waals surface area contributed by atoms with E-state index in [-0.39, 0.29) is 0 Å². The molecule has 0 amide bonds. The molecule has 4 heteroatoms. The Morgan fingerprint density at radius 3 is 1.10 bits per heavy atom. The molecule has 0 unspecified atom stereocenters. The minimum absolute atomic E-state index is 0.462. The first-order valence-electron chi connectivity index (χ1n) is 7.58. The van der Waals surface area contributed by atoms with Gasteiger partial charge < -0.3 is 0 Å². The Morgan fingerprint density at radius 1 is 0.550 bits per heavy atom. The van der Waals surface area contributed by atoms with Crippen LogP contribution >= 0.6 is 46.4 Å². The van der Waals surface area contributed by atoms with Crippen LogP contribution < -0.4 is 0 Å². The molecule has 0 aliphatic rings. The molecule has 20 heavy (non-hydrogen) atoms. The van der Waals surface area contributed by atoms with Gasteiger partial charge in [0.05, 0.1) is 0 Å². The van der Waals surface area contributed by atoms with Crippen LogP contribution in [-0.4, -0.2) is 0 Å². The summed E-state index contributed by atoms with van der Waals surface area (Å²) in [6.07, 6.45) is 11.4. The van der Waals surface area contributed by atoms with Crippen molar-refractivity contribution in [2.45, 2.75) is 78.1 Å². The molecule has 0 saturated heterocycles. The molecule has 0 N–H and O–H groups in total. The van der Waals surface area contributed by atoms with E-state index in [1.165, 1.54) is 49.7 Å². The van der Waals surface area contributed by atoms with E-state index < -0.39 is 0 Å². The fourth-order valence-electron chi connectivity index (χ4n) is 2.19. The van der Waals surface area contributed by atoms with Crippen LogP contribution in [0.15, 0.2) is 20.1 Å². The molecule has 0 aliphatic carbocycles. The van der Waals surface area contributed by atoms with Crippen LogP contribution in [-0.2, 0) is 0 Å². The fourth-order valence-corrected chi connectivity index (χ4v) is 3.11. The molecule has 0 radical (unpaired) electrons. The van der Waals surface area contributed by atoms with Crippen LogP contribution in [0.5, 0.6) is 0 Å². The maximum absolute atomic E-state index is 5.81. The molecule has 0 bridgehead atoms. The van der Waals surface area contributed by atoms with E-state index in [1.54, 1.807) is 0 Å². The molecule has 0 rings (SSSR count). The maximum Gasteiger partial charge on any atom is 0.106 e. The van der Waals surface area contributed by atoms with E-state index in [0.29, 0.717) is 8.98 Å². The molecule has 0 aromatic rings. The van der Waals surface area contributed by atoms with Crippen molar-refractivity contribution in [2.75, 3.05) is 0 Å². The first-order valence-corrected chi connectivity index (χ1v) is 9.10. The molecule has 0 spiro atoms. The summed E-state index contributed by atoms with van der Waals surface area (Å²) in [6.45, 7) is 4.20. The predicted molar refractivity (Wildman–Crippen MR) is 95.0 cm³/mol. The van der Waals surface area contributed by atoms with Gasteiger partial charge in [0.1, 0.15) is 8.98 Å². The van der Waals surface area contributed by atoms with Gasteiger partial charge in [0.2, 0.25) is 0 Å². The van der Waals surface area contributed by atoms with Gasteiger partial charge in [0, 0.05) is 0 Å². The Kier molecular flexibility index (Phi) is 13.7. The quantitative estimate of drug-likeness (QED) is 0.325. The highest BCUT2D eigenvalue weighted by Gasteiger charge is 2.02. The zero-order valence-corrected chi connectivity index (χ0v) is 15.6. The van der Waals surface area contributed by atoms with Gasteiger partial charge in [-0.05, 0) is 49.7 Å². The lowest BCUT2D eigenvalue weighted by molar-refractivity contribution is 0.588. The monoisotopic (exact) mass is 358 g/mol. The summed E-state index contributed by atoms with van der Waals surface area (Å²) in [7, 11) is 0. The number of hydrogen-bond acceptors (Lipinski definition) is 0. The van der Waals surface area contributed by atoms with Gasteiger partial charge in [0.25, 0.3) is 0 Å². The summed E-state index contributed by atoms with van der Waals surface area (Å²) in [6, 6.07) is 0. The summed E-state index contributed by atoms with van der Waals surface area (Å²) in [4.78, 5) is 0. The third-order valence-corrected chi connectivity index (χ3v) is 4.66. The zero-order chi connectivity index (χ0) is 15.4. The van der Waals surface area contributed by atoms with Crippen LogP contribution in [0, 0.1) is 0 Å². The van der Waals surface area contributed by atoms with Gasteiger partial charge in [-0.25, -0.2) is 0 Å². The van der Waals surface area contributed by atoms with E-state index in [1.807, 2.05) is 0 Å². The molecular weight excluding hydrogens is 334 g/mol. The zero-order valence-electron chi connectivity index (χ0n) is 12.6. The van der Waals surface area contributed by atoms with Gasteiger partial charge in [-0.15, -0.1) is 0 Å². The van der Waals surface area contributed by atoms with Crippen LogP contribution in [0.1, 0.15) is 78.1 Å². The van der Waals surface area contributed by atoms with Crippen LogP contribution in [0.3, 0.4) is 0 Å². The SMILES string of the molecule is CCC(CCCCCCCCC(CC)=C(Cl)Cl)=C(Cl)Cl.